The number of hydrogen-bond acceptors (Lipinski definition) is 6. The van der Waals surface area contributed by atoms with E-state index in [1.807, 2.05) is 38.1 Å². The van der Waals surface area contributed by atoms with E-state index in [0.717, 1.165) is 11.3 Å². The van der Waals surface area contributed by atoms with Gasteiger partial charge >= 0.3 is 0 Å². The zero-order chi connectivity index (χ0) is 20.8. The molecule has 9 nitrogen and oxygen atoms in total. The van der Waals surface area contributed by atoms with Crippen molar-refractivity contribution in [1.29, 1.82) is 0 Å². The van der Waals surface area contributed by atoms with Gasteiger partial charge in [-0.15, -0.1) is 0 Å². The number of ether oxygens (including phenoxy) is 1. The summed E-state index contributed by atoms with van der Waals surface area (Å²) in [6.45, 7) is 3.91. The summed E-state index contributed by atoms with van der Waals surface area (Å²) in [6.07, 6.45) is 1.49. The molecule has 0 saturated carbocycles. The summed E-state index contributed by atoms with van der Waals surface area (Å²) in [6, 6.07) is 14.8. The lowest BCUT2D eigenvalue weighted by atomic mass is 10.1. The monoisotopic (exact) mass is 393 g/mol. The summed E-state index contributed by atoms with van der Waals surface area (Å²) >= 11 is 0. The van der Waals surface area contributed by atoms with Crippen molar-refractivity contribution in [2.75, 3.05) is 0 Å². The molecule has 1 amide bonds. The van der Waals surface area contributed by atoms with Crippen LogP contribution in [-0.4, -0.2) is 33.3 Å². The molecular weight excluding hydrogens is 374 g/mol. The van der Waals surface area contributed by atoms with E-state index in [-0.39, 0.29) is 17.5 Å². The quantitative estimate of drug-likeness (QED) is 0.361. The molecule has 0 bridgehead atoms. The second-order valence-corrected chi connectivity index (χ2v) is 6.41. The van der Waals surface area contributed by atoms with Crippen LogP contribution >= 0.6 is 0 Å². The first-order chi connectivity index (χ1) is 13.9. The molecule has 1 heterocycles. The number of hydrazone groups is 1. The molecule has 3 rings (SSSR count). The first-order valence-corrected chi connectivity index (χ1v) is 8.83. The molecule has 148 valence electrons. The van der Waals surface area contributed by atoms with Crippen molar-refractivity contribution < 1.29 is 14.5 Å². The van der Waals surface area contributed by atoms with Gasteiger partial charge in [0.2, 0.25) is 0 Å². The minimum atomic E-state index is -0.483. The van der Waals surface area contributed by atoms with Crippen LogP contribution in [0.1, 0.15) is 29.9 Å². The fraction of sp³-hybridized carbons (Fsp3) is 0.150. The van der Waals surface area contributed by atoms with E-state index in [4.69, 9.17) is 4.74 Å². The molecule has 2 aromatic carbocycles. The summed E-state index contributed by atoms with van der Waals surface area (Å²) in [7, 11) is 0. The van der Waals surface area contributed by atoms with Crippen LogP contribution in [0.15, 0.2) is 59.7 Å². The third kappa shape index (κ3) is 5.25. The second-order valence-electron chi connectivity index (χ2n) is 6.41. The smallest absolute Gasteiger partial charge is 0.289 e. The Labute approximate surface area is 166 Å². The van der Waals surface area contributed by atoms with Gasteiger partial charge in [0.15, 0.2) is 0 Å². The van der Waals surface area contributed by atoms with Crippen LogP contribution in [0.5, 0.6) is 5.75 Å². The molecule has 0 saturated heterocycles. The number of nitrogens with one attached hydrogen (secondary N) is 2. The number of aromatic amines is 1. The van der Waals surface area contributed by atoms with E-state index in [9.17, 15) is 14.9 Å². The van der Waals surface area contributed by atoms with Crippen molar-refractivity contribution in [1.82, 2.24) is 15.6 Å². The lowest BCUT2D eigenvalue weighted by molar-refractivity contribution is -0.384. The molecule has 0 spiro atoms. The van der Waals surface area contributed by atoms with Gasteiger partial charge in [-0.25, -0.2) is 5.43 Å². The number of nitro groups is 1. The van der Waals surface area contributed by atoms with Crippen molar-refractivity contribution in [3.05, 3.63) is 76.0 Å². The molecule has 0 aliphatic carbocycles. The standard InChI is InChI=1S/C20H19N5O4/c1-13(2)29-17-9-5-15(6-10-17)18-11-19(23-22-18)20(26)24-21-12-14-3-7-16(8-4-14)25(27)28/h3-13H,1-2H3,(H,22,23)(H,24,26)/b21-12-. The Hall–Kier alpha value is -4.01. The zero-order valence-electron chi connectivity index (χ0n) is 15.8. The van der Waals surface area contributed by atoms with Gasteiger partial charge in [0.1, 0.15) is 11.4 Å². The first kappa shape index (κ1) is 19.7. The van der Waals surface area contributed by atoms with E-state index >= 15 is 0 Å². The van der Waals surface area contributed by atoms with Gasteiger partial charge in [0.25, 0.3) is 11.6 Å². The van der Waals surface area contributed by atoms with Gasteiger partial charge in [0.05, 0.1) is 22.9 Å². The van der Waals surface area contributed by atoms with E-state index in [1.165, 1.54) is 30.5 Å². The Bertz CT molecular complexity index is 1020. The highest BCUT2D eigenvalue weighted by atomic mass is 16.6. The van der Waals surface area contributed by atoms with Crippen LogP contribution in [0.4, 0.5) is 5.69 Å². The number of nitro benzene ring substituents is 1. The van der Waals surface area contributed by atoms with Crippen LogP contribution < -0.4 is 10.2 Å². The number of carbonyl (C=O) groups excluding carboxylic acids is 1. The molecular formula is C20H19N5O4. The Kier molecular flexibility index (Phi) is 5.98. The van der Waals surface area contributed by atoms with E-state index < -0.39 is 10.8 Å². The molecule has 3 aromatic rings. The number of amides is 1. The van der Waals surface area contributed by atoms with Crippen LogP contribution in [0.3, 0.4) is 0 Å². The minimum absolute atomic E-state index is 0.0139. The number of non-ortho nitro benzene ring substituents is 1. The fourth-order valence-electron chi connectivity index (χ4n) is 2.47. The van der Waals surface area contributed by atoms with Crippen molar-refractivity contribution >= 4 is 17.8 Å². The molecule has 0 unspecified atom stereocenters. The van der Waals surface area contributed by atoms with Gasteiger partial charge in [-0.1, -0.05) is 0 Å². The normalized spacial score (nSPS) is 11.0. The molecule has 9 heteroatoms. The Morgan fingerprint density at radius 2 is 1.90 bits per heavy atom. The largest absolute Gasteiger partial charge is 0.491 e. The highest BCUT2D eigenvalue weighted by Crippen LogP contribution is 2.22. The molecule has 0 atom stereocenters. The average molecular weight is 393 g/mol. The SMILES string of the molecule is CC(C)Oc1ccc(-c2cc(C(=O)N/N=C\c3ccc([N+](=O)[O-])cc3)[nH]n2)cc1. The number of nitrogens with zero attached hydrogens (tertiary/aromatic N) is 3. The maximum absolute atomic E-state index is 12.2. The highest BCUT2D eigenvalue weighted by Gasteiger charge is 2.11. The van der Waals surface area contributed by atoms with Crippen molar-refractivity contribution in [2.45, 2.75) is 20.0 Å². The van der Waals surface area contributed by atoms with Crippen molar-refractivity contribution in [2.24, 2.45) is 5.10 Å². The predicted molar refractivity (Wildman–Crippen MR) is 108 cm³/mol. The third-order valence-electron chi connectivity index (χ3n) is 3.83. The number of carbonyl (C=O) groups is 1. The molecule has 29 heavy (non-hydrogen) atoms. The van der Waals surface area contributed by atoms with Crippen molar-refractivity contribution in [3.63, 3.8) is 0 Å². The van der Waals surface area contributed by atoms with Gasteiger partial charge in [-0.05, 0) is 61.9 Å². The highest BCUT2D eigenvalue weighted by molar-refractivity contribution is 5.94. The van der Waals surface area contributed by atoms with Gasteiger partial charge in [0, 0.05) is 17.7 Å². The fourth-order valence-corrected chi connectivity index (χ4v) is 2.47. The summed E-state index contributed by atoms with van der Waals surface area (Å²) < 4.78 is 5.61. The number of aromatic nitrogens is 2. The maximum atomic E-state index is 12.2. The number of benzene rings is 2. The minimum Gasteiger partial charge on any atom is -0.491 e. The van der Waals surface area contributed by atoms with E-state index in [0.29, 0.717) is 11.3 Å². The van der Waals surface area contributed by atoms with Gasteiger partial charge in [-0.2, -0.15) is 10.2 Å². The topological polar surface area (TPSA) is 123 Å². The lowest BCUT2D eigenvalue weighted by Gasteiger charge is -2.09. The summed E-state index contributed by atoms with van der Waals surface area (Å²) in [5, 5.41) is 21.3. The van der Waals surface area contributed by atoms with Crippen molar-refractivity contribution in [3.8, 4) is 17.0 Å². The number of rotatable bonds is 7. The maximum Gasteiger partial charge on any atom is 0.289 e. The van der Waals surface area contributed by atoms with Gasteiger partial charge < -0.3 is 4.74 Å². The Morgan fingerprint density at radius 1 is 1.21 bits per heavy atom. The molecule has 0 aliphatic heterocycles. The molecule has 2 N–H and O–H groups in total. The Balaban J connectivity index is 1.61. The molecule has 0 aliphatic rings. The number of H-pyrrole nitrogens is 1. The van der Waals surface area contributed by atoms with Gasteiger partial charge in [-0.3, -0.25) is 20.0 Å². The predicted octanol–water partition coefficient (Wildman–Crippen LogP) is 3.54. The summed E-state index contributed by atoms with van der Waals surface area (Å²) in [4.78, 5) is 22.3. The molecule has 1 aromatic heterocycles. The molecule has 0 fully saturated rings. The zero-order valence-corrected chi connectivity index (χ0v) is 15.8. The van der Waals surface area contributed by atoms with E-state index in [2.05, 4.69) is 20.7 Å². The first-order valence-electron chi connectivity index (χ1n) is 8.83. The van der Waals surface area contributed by atoms with Crippen LogP contribution in [0, 0.1) is 10.1 Å². The molecule has 0 radical (unpaired) electrons. The lowest BCUT2D eigenvalue weighted by Crippen LogP contribution is -2.17. The average Bonchev–Trinajstić information content (AvgIpc) is 3.19. The number of hydrogen-bond donors (Lipinski definition) is 2. The third-order valence-corrected chi connectivity index (χ3v) is 3.83. The van der Waals surface area contributed by atoms with E-state index in [1.54, 1.807) is 6.07 Å². The van der Waals surface area contributed by atoms with Crippen LogP contribution in [0.2, 0.25) is 0 Å². The van der Waals surface area contributed by atoms with Crippen LogP contribution in [0.25, 0.3) is 11.3 Å². The summed E-state index contributed by atoms with van der Waals surface area (Å²) in [5.74, 6) is 0.305. The van der Waals surface area contributed by atoms with Crippen LogP contribution in [-0.2, 0) is 0 Å². The second kappa shape index (κ2) is 8.79. The summed E-state index contributed by atoms with van der Waals surface area (Å²) in [5.41, 5.74) is 4.70. The Morgan fingerprint density at radius 3 is 2.52 bits per heavy atom.